The normalized spacial score (nSPS) is 15.1. The van der Waals surface area contributed by atoms with Crippen LogP contribution in [-0.2, 0) is 32.6 Å². The molecule has 0 saturated carbocycles. The first-order chi connectivity index (χ1) is 16.0. The summed E-state index contributed by atoms with van der Waals surface area (Å²) in [5.74, 6) is 0.174. The molecule has 33 heavy (non-hydrogen) atoms. The minimum atomic E-state index is -3.62. The summed E-state index contributed by atoms with van der Waals surface area (Å²) in [6.45, 7) is 4.19. The number of morpholine rings is 1. The summed E-state index contributed by atoms with van der Waals surface area (Å²) in [5.41, 5.74) is 1.89. The van der Waals surface area contributed by atoms with Crippen LogP contribution in [-0.4, -0.2) is 60.8 Å². The molecule has 0 amide bonds. The van der Waals surface area contributed by atoms with Gasteiger partial charge in [0, 0.05) is 24.5 Å². The van der Waals surface area contributed by atoms with Gasteiger partial charge < -0.3 is 14.0 Å². The number of esters is 1. The van der Waals surface area contributed by atoms with E-state index in [1.807, 2.05) is 29.9 Å². The number of sulfonamides is 1. The molecule has 8 nitrogen and oxygen atoms in total. The molecule has 10 heteroatoms. The Kier molecular flexibility index (Phi) is 7.38. The standard InChI is InChI=1S/C23H27N3O5S2/c1-3-10-26-20-9-8-17(33(28,29)25-11-13-30-14-12-25)15-19(20)24-22(26)16-31-23(27)18-6-4-5-7-21(18)32-2/h4-9,15H,3,10-14,16H2,1-2H3. The highest BCUT2D eigenvalue weighted by molar-refractivity contribution is 7.98. The first kappa shape index (κ1) is 23.7. The number of carbonyl (C=O) groups is 1. The molecule has 0 spiro atoms. The monoisotopic (exact) mass is 489 g/mol. The molecule has 0 N–H and O–H groups in total. The summed E-state index contributed by atoms with van der Waals surface area (Å²) in [5, 5.41) is 0. The van der Waals surface area contributed by atoms with Gasteiger partial charge >= 0.3 is 5.97 Å². The Balaban J connectivity index is 1.61. The Bertz CT molecular complexity index is 1250. The summed E-state index contributed by atoms with van der Waals surface area (Å²) in [7, 11) is -3.62. The molecule has 1 saturated heterocycles. The summed E-state index contributed by atoms with van der Waals surface area (Å²) in [6, 6.07) is 12.3. The second-order valence-corrected chi connectivity index (χ2v) is 10.4. The highest BCUT2D eigenvalue weighted by atomic mass is 32.2. The summed E-state index contributed by atoms with van der Waals surface area (Å²) < 4.78 is 40.4. The number of aromatic nitrogens is 2. The van der Waals surface area contributed by atoms with Crippen molar-refractivity contribution in [2.45, 2.75) is 36.3 Å². The van der Waals surface area contributed by atoms with E-state index >= 15 is 0 Å². The fourth-order valence-corrected chi connectivity index (χ4v) is 5.87. The molecule has 2 aromatic carbocycles. The molecular formula is C23H27N3O5S2. The first-order valence-electron chi connectivity index (χ1n) is 10.8. The molecule has 1 aliphatic rings. The van der Waals surface area contributed by atoms with E-state index < -0.39 is 16.0 Å². The third kappa shape index (κ3) is 4.93. The van der Waals surface area contributed by atoms with Crippen molar-refractivity contribution in [1.29, 1.82) is 0 Å². The third-order valence-electron chi connectivity index (χ3n) is 5.51. The number of benzene rings is 2. The zero-order chi connectivity index (χ0) is 23.4. The second kappa shape index (κ2) is 10.3. The van der Waals surface area contributed by atoms with Crippen molar-refractivity contribution in [3.05, 3.63) is 53.9 Å². The smallest absolute Gasteiger partial charge is 0.339 e. The Hall–Kier alpha value is -2.40. The van der Waals surface area contributed by atoms with Gasteiger partial charge in [-0.25, -0.2) is 18.2 Å². The first-order valence-corrected chi connectivity index (χ1v) is 13.5. The van der Waals surface area contributed by atoms with Crippen molar-refractivity contribution < 1.29 is 22.7 Å². The van der Waals surface area contributed by atoms with Crippen LogP contribution >= 0.6 is 11.8 Å². The van der Waals surface area contributed by atoms with Crippen molar-refractivity contribution >= 4 is 38.8 Å². The summed E-state index contributed by atoms with van der Waals surface area (Å²) >= 11 is 1.49. The van der Waals surface area contributed by atoms with Gasteiger partial charge in [-0.05, 0) is 43.0 Å². The van der Waals surface area contributed by atoms with E-state index in [1.54, 1.807) is 30.3 Å². The van der Waals surface area contributed by atoms with Gasteiger partial charge in [0.2, 0.25) is 10.0 Å². The molecule has 0 aliphatic carbocycles. The largest absolute Gasteiger partial charge is 0.454 e. The number of aryl methyl sites for hydroxylation is 1. The van der Waals surface area contributed by atoms with Crippen LogP contribution in [0.5, 0.6) is 0 Å². The average Bonchev–Trinajstić information content (AvgIpc) is 3.20. The topological polar surface area (TPSA) is 90.7 Å². The molecule has 2 heterocycles. The number of ether oxygens (including phenoxy) is 2. The van der Waals surface area contributed by atoms with Crippen molar-refractivity contribution in [2.24, 2.45) is 0 Å². The van der Waals surface area contributed by atoms with Crippen LogP contribution in [0.15, 0.2) is 52.3 Å². The fourth-order valence-electron chi connectivity index (χ4n) is 3.86. The van der Waals surface area contributed by atoms with Crippen LogP contribution in [0, 0.1) is 0 Å². The molecule has 4 rings (SSSR count). The number of hydrogen-bond donors (Lipinski definition) is 0. The van der Waals surface area contributed by atoms with Crippen molar-refractivity contribution in [3.63, 3.8) is 0 Å². The molecule has 1 fully saturated rings. The lowest BCUT2D eigenvalue weighted by Gasteiger charge is -2.26. The Morgan fingerprint density at radius 1 is 1.18 bits per heavy atom. The maximum absolute atomic E-state index is 13.0. The lowest BCUT2D eigenvalue weighted by Crippen LogP contribution is -2.40. The molecule has 0 bridgehead atoms. The molecule has 0 radical (unpaired) electrons. The van der Waals surface area contributed by atoms with E-state index in [0.29, 0.717) is 49.8 Å². The number of hydrogen-bond acceptors (Lipinski definition) is 7. The van der Waals surface area contributed by atoms with Gasteiger partial charge in [-0.1, -0.05) is 19.1 Å². The van der Waals surface area contributed by atoms with E-state index in [0.717, 1.165) is 16.8 Å². The van der Waals surface area contributed by atoms with Crippen LogP contribution in [0.1, 0.15) is 29.5 Å². The summed E-state index contributed by atoms with van der Waals surface area (Å²) in [6.07, 6.45) is 2.77. The van der Waals surface area contributed by atoms with Crippen LogP contribution in [0.25, 0.3) is 11.0 Å². The second-order valence-electron chi connectivity index (χ2n) is 7.62. The Morgan fingerprint density at radius 3 is 2.67 bits per heavy atom. The molecule has 3 aromatic rings. The van der Waals surface area contributed by atoms with Gasteiger partial charge in [0.15, 0.2) is 0 Å². The molecule has 0 atom stereocenters. The van der Waals surface area contributed by atoms with Crippen molar-refractivity contribution in [3.8, 4) is 0 Å². The molecular weight excluding hydrogens is 462 g/mol. The average molecular weight is 490 g/mol. The van der Waals surface area contributed by atoms with Gasteiger partial charge in [-0.3, -0.25) is 0 Å². The zero-order valence-corrected chi connectivity index (χ0v) is 20.3. The number of nitrogens with zero attached hydrogens (tertiary/aromatic N) is 3. The lowest BCUT2D eigenvalue weighted by atomic mass is 10.2. The number of thioether (sulfide) groups is 1. The number of carbonyl (C=O) groups excluding carboxylic acids is 1. The highest BCUT2D eigenvalue weighted by Gasteiger charge is 2.27. The number of rotatable bonds is 8. The minimum Gasteiger partial charge on any atom is -0.454 e. The van der Waals surface area contributed by atoms with Crippen molar-refractivity contribution in [2.75, 3.05) is 32.6 Å². The van der Waals surface area contributed by atoms with Crippen LogP contribution in [0.3, 0.4) is 0 Å². The van der Waals surface area contributed by atoms with Crippen LogP contribution in [0.2, 0.25) is 0 Å². The van der Waals surface area contributed by atoms with E-state index in [4.69, 9.17) is 9.47 Å². The Labute approximate surface area is 197 Å². The predicted molar refractivity (Wildman–Crippen MR) is 127 cm³/mol. The number of fused-ring (bicyclic) bond motifs is 1. The third-order valence-corrected chi connectivity index (χ3v) is 8.20. The quantitative estimate of drug-likeness (QED) is 0.353. The molecule has 1 aromatic heterocycles. The van der Waals surface area contributed by atoms with Crippen molar-refractivity contribution in [1.82, 2.24) is 13.9 Å². The SMILES string of the molecule is CCCn1c(COC(=O)c2ccccc2SC)nc2cc(S(=O)(=O)N3CCOCC3)ccc21. The van der Waals surface area contributed by atoms with Crippen LogP contribution in [0.4, 0.5) is 0 Å². The fraction of sp³-hybridized carbons (Fsp3) is 0.391. The number of imidazole rings is 1. The van der Waals surface area contributed by atoms with Gasteiger partial charge in [0.25, 0.3) is 0 Å². The lowest BCUT2D eigenvalue weighted by molar-refractivity contribution is 0.0454. The highest BCUT2D eigenvalue weighted by Crippen LogP contribution is 2.25. The van der Waals surface area contributed by atoms with Crippen LogP contribution < -0.4 is 0 Å². The maximum Gasteiger partial charge on any atom is 0.339 e. The van der Waals surface area contributed by atoms with E-state index in [1.165, 1.54) is 16.1 Å². The van der Waals surface area contributed by atoms with Gasteiger partial charge in [-0.2, -0.15) is 4.31 Å². The summed E-state index contributed by atoms with van der Waals surface area (Å²) in [4.78, 5) is 18.4. The van der Waals surface area contributed by atoms with Gasteiger partial charge in [-0.15, -0.1) is 11.8 Å². The Morgan fingerprint density at radius 2 is 1.94 bits per heavy atom. The maximum atomic E-state index is 13.0. The van der Waals surface area contributed by atoms with Gasteiger partial charge in [0.05, 0.1) is 34.7 Å². The molecule has 176 valence electrons. The van der Waals surface area contributed by atoms with E-state index in [9.17, 15) is 13.2 Å². The van der Waals surface area contributed by atoms with E-state index in [2.05, 4.69) is 4.98 Å². The predicted octanol–water partition coefficient (Wildman–Crippen LogP) is 3.55. The molecule has 1 aliphatic heterocycles. The minimum absolute atomic E-state index is 0.00176. The van der Waals surface area contributed by atoms with Gasteiger partial charge in [0.1, 0.15) is 12.4 Å². The van der Waals surface area contributed by atoms with E-state index in [-0.39, 0.29) is 11.5 Å². The zero-order valence-electron chi connectivity index (χ0n) is 18.7. The molecule has 0 unspecified atom stereocenters.